The first-order chi connectivity index (χ1) is 9.73. The predicted molar refractivity (Wildman–Crippen MR) is 63.9 cm³/mol. The Labute approximate surface area is 119 Å². The fraction of sp³-hybridized carbons (Fsp3) is 0.909. The zero-order valence-corrected chi connectivity index (χ0v) is 11.0. The van der Waals surface area contributed by atoms with Gasteiger partial charge in [0.25, 0.3) is 0 Å². The van der Waals surface area contributed by atoms with Crippen molar-refractivity contribution in [3.05, 3.63) is 0 Å². The Morgan fingerprint density at radius 3 is 2.00 bits per heavy atom. The third-order valence-corrected chi connectivity index (χ3v) is 3.50. The number of aliphatic hydroxyl groups excluding tert-OH is 7. The van der Waals surface area contributed by atoms with Crippen LogP contribution in [0, 0.1) is 0 Å². The smallest absolute Gasteiger partial charge is 0.195 e. The second-order valence-corrected chi connectivity index (χ2v) is 4.97. The van der Waals surface area contributed by atoms with Crippen molar-refractivity contribution >= 4 is 5.78 Å². The molecule has 8 N–H and O–H groups in total. The van der Waals surface area contributed by atoms with Gasteiger partial charge in [-0.2, -0.15) is 0 Å². The van der Waals surface area contributed by atoms with Crippen LogP contribution in [-0.4, -0.2) is 109 Å². The van der Waals surface area contributed by atoms with Crippen molar-refractivity contribution in [3.63, 3.8) is 0 Å². The molecular formula is C11H20O10. The summed E-state index contributed by atoms with van der Waals surface area (Å²) < 4.78 is 4.90. The van der Waals surface area contributed by atoms with Crippen molar-refractivity contribution in [3.8, 4) is 0 Å². The van der Waals surface area contributed by atoms with Crippen LogP contribution in [0.1, 0.15) is 0 Å². The Morgan fingerprint density at radius 2 is 1.57 bits per heavy atom. The Balaban J connectivity index is 2.95. The Kier molecular flexibility index (Phi) is 6.16. The molecule has 1 heterocycles. The summed E-state index contributed by atoms with van der Waals surface area (Å²) in [6.45, 7) is -3.06. The summed E-state index contributed by atoms with van der Waals surface area (Å²) >= 11 is 0. The number of carbonyl (C=O) groups excluding carboxylic acids is 1. The number of ether oxygens (including phenoxy) is 1. The van der Waals surface area contributed by atoms with Gasteiger partial charge in [0.1, 0.15) is 42.2 Å². The first-order valence-corrected chi connectivity index (χ1v) is 6.20. The molecule has 0 amide bonds. The fourth-order valence-corrected chi connectivity index (χ4v) is 1.98. The van der Waals surface area contributed by atoms with E-state index in [1.165, 1.54) is 0 Å². The van der Waals surface area contributed by atoms with Crippen LogP contribution in [0.5, 0.6) is 0 Å². The number of ketones is 1. The molecule has 0 bridgehead atoms. The molecule has 0 aromatic heterocycles. The summed E-state index contributed by atoms with van der Waals surface area (Å²) in [6.07, 6.45) is -11.0. The molecule has 1 aliphatic rings. The van der Waals surface area contributed by atoms with Gasteiger partial charge in [-0.1, -0.05) is 0 Å². The van der Waals surface area contributed by atoms with Crippen LogP contribution in [0.15, 0.2) is 0 Å². The Morgan fingerprint density at radius 1 is 1.05 bits per heavy atom. The highest BCUT2D eigenvalue weighted by Crippen LogP contribution is 2.24. The van der Waals surface area contributed by atoms with Crippen molar-refractivity contribution in [2.75, 3.05) is 19.8 Å². The van der Waals surface area contributed by atoms with Crippen LogP contribution in [0.4, 0.5) is 0 Å². The van der Waals surface area contributed by atoms with Crippen molar-refractivity contribution in [1.82, 2.24) is 0 Å². The summed E-state index contributed by atoms with van der Waals surface area (Å²) in [4.78, 5) is 12.0. The summed E-state index contributed by atoms with van der Waals surface area (Å²) in [6, 6.07) is 0. The standard InChI is InChI=1S/C11H20O10/c12-1-4-5(15)6(16)7(17)9(21-4)8(18)10(19)11(20,2-13)3-14/h4-7,9-10,12-17,19-20H,1-3H2/t4-,5-,6+,7-,9?,10+/m1/s1. The summed E-state index contributed by atoms with van der Waals surface area (Å²) in [5, 5.41) is 74.9. The number of carbonyl (C=O) groups is 1. The van der Waals surface area contributed by atoms with Crippen molar-refractivity contribution < 1.29 is 50.4 Å². The van der Waals surface area contributed by atoms with Crippen molar-refractivity contribution in [1.29, 1.82) is 0 Å². The van der Waals surface area contributed by atoms with E-state index in [4.69, 9.17) is 20.1 Å². The van der Waals surface area contributed by atoms with E-state index in [1.807, 2.05) is 0 Å². The average molecular weight is 312 g/mol. The molecule has 124 valence electrons. The number of hydrogen-bond donors (Lipinski definition) is 8. The fourth-order valence-electron chi connectivity index (χ4n) is 1.98. The van der Waals surface area contributed by atoms with Crippen LogP contribution in [0.25, 0.3) is 0 Å². The molecule has 1 fully saturated rings. The summed E-state index contributed by atoms with van der Waals surface area (Å²) in [5.41, 5.74) is -2.56. The van der Waals surface area contributed by atoms with Crippen molar-refractivity contribution in [2.24, 2.45) is 0 Å². The van der Waals surface area contributed by atoms with E-state index in [2.05, 4.69) is 0 Å². The molecule has 0 radical (unpaired) electrons. The molecule has 10 nitrogen and oxygen atoms in total. The van der Waals surface area contributed by atoms with E-state index in [1.54, 1.807) is 0 Å². The molecule has 1 unspecified atom stereocenters. The van der Waals surface area contributed by atoms with Gasteiger partial charge in [0.15, 0.2) is 5.78 Å². The van der Waals surface area contributed by atoms with Gasteiger partial charge in [0.05, 0.1) is 19.8 Å². The van der Waals surface area contributed by atoms with E-state index in [9.17, 15) is 30.3 Å². The minimum atomic E-state index is -2.56. The Bertz CT molecular complexity index is 355. The third-order valence-electron chi connectivity index (χ3n) is 3.50. The lowest BCUT2D eigenvalue weighted by atomic mass is 9.86. The lowest BCUT2D eigenvalue weighted by molar-refractivity contribution is -0.233. The molecule has 1 rings (SSSR count). The molecule has 21 heavy (non-hydrogen) atoms. The minimum absolute atomic E-state index is 0.769. The molecule has 6 atom stereocenters. The highest BCUT2D eigenvalue weighted by Gasteiger charge is 2.51. The van der Waals surface area contributed by atoms with E-state index in [0.717, 1.165) is 0 Å². The number of aliphatic hydroxyl groups is 8. The lowest BCUT2D eigenvalue weighted by Gasteiger charge is -2.41. The second kappa shape index (κ2) is 7.05. The maximum absolute atomic E-state index is 12.0. The first kappa shape index (κ1) is 18.4. The zero-order valence-electron chi connectivity index (χ0n) is 11.0. The molecule has 1 aliphatic heterocycles. The molecule has 0 aliphatic carbocycles. The molecule has 0 aromatic carbocycles. The maximum Gasteiger partial charge on any atom is 0.195 e. The second-order valence-electron chi connectivity index (χ2n) is 4.97. The van der Waals surface area contributed by atoms with Gasteiger partial charge >= 0.3 is 0 Å². The molecule has 0 aromatic rings. The van der Waals surface area contributed by atoms with Gasteiger partial charge in [0.2, 0.25) is 0 Å². The van der Waals surface area contributed by atoms with Gasteiger partial charge in [0, 0.05) is 0 Å². The Hall–Kier alpha value is -0.690. The monoisotopic (exact) mass is 312 g/mol. The number of hydrogen-bond acceptors (Lipinski definition) is 10. The van der Waals surface area contributed by atoms with E-state index >= 15 is 0 Å². The molecule has 0 spiro atoms. The van der Waals surface area contributed by atoms with Gasteiger partial charge in [-0.3, -0.25) is 4.79 Å². The van der Waals surface area contributed by atoms with Gasteiger partial charge in [-0.25, -0.2) is 0 Å². The molecule has 1 saturated heterocycles. The SMILES string of the molecule is O=C(C1O[C@H](CO)[C@@H](O)[C@H](O)[C@H]1O)[C@H](O)C(O)(CO)CO. The van der Waals surface area contributed by atoms with E-state index < -0.39 is 67.8 Å². The third kappa shape index (κ3) is 3.39. The normalized spacial score (nSPS) is 35.5. The topological polar surface area (TPSA) is 188 Å². The summed E-state index contributed by atoms with van der Waals surface area (Å²) in [7, 11) is 0. The lowest BCUT2D eigenvalue weighted by Crippen LogP contribution is -2.64. The van der Waals surface area contributed by atoms with Crippen LogP contribution in [-0.2, 0) is 9.53 Å². The number of rotatable bonds is 6. The quantitative estimate of drug-likeness (QED) is 0.235. The van der Waals surface area contributed by atoms with Crippen LogP contribution in [0.3, 0.4) is 0 Å². The molecule has 10 heteroatoms. The van der Waals surface area contributed by atoms with Gasteiger partial charge < -0.3 is 45.6 Å². The maximum atomic E-state index is 12.0. The first-order valence-electron chi connectivity index (χ1n) is 6.20. The van der Waals surface area contributed by atoms with Gasteiger partial charge in [-0.15, -0.1) is 0 Å². The van der Waals surface area contributed by atoms with Crippen LogP contribution in [0.2, 0.25) is 0 Å². The molecule has 0 saturated carbocycles. The predicted octanol–water partition coefficient (Wildman–Crippen LogP) is -5.53. The number of Topliss-reactive ketones (excluding diaryl/α,β-unsaturated/α-hetero) is 1. The van der Waals surface area contributed by atoms with Crippen LogP contribution >= 0.6 is 0 Å². The zero-order chi connectivity index (χ0) is 16.4. The van der Waals surface area contributed by atoms with Crippen LogP contribution < -0.4 is 0 Å². The molecular weight excluding hydrogens is 292 g/mol. The highest BCUT2D eigenvalue weighted by atomic mass is 16.5. The van der Waals surface area contributed by atoms with E-state index in [0.29, 0.717) is 0 Å². The average Bonchev–Trinajstić information content (AvgIpc) is 2.50. The minimum Gasteiger partial charge on any atom is -0.394 e. The van der Waals surface area contributed by atoms with E-state index in [-0.39, 0.29) is 0 Å². The van der Waals surface area contributed by atoms with Gasteiger partial charge in [-0.05, 0) is 0 Å². The largest absolute Gasteiger partial charge is 0.394 e. The van der Waals surface area contributed by atoms with Crippen molar-refractivity contribution in [2.45, 2.75) is 42.2 Å². The summed E-state index contributed by atoms with van der Waals surface area (Å²) in [5.74, 6) is -1.32. The highest BCUT2D eigenvalue weighted by molar-refractivity contribution is 5.89.